The molecular weight excluding hydrogens is 208 g/mol. The lowest BCUT2D eigenvalue weighted by atomic mass is 10.4. The van der Waals surface area contributed by atoms with Crippen molar-refractivity contribution in [1.82, 2.24) is 14.5 Å². The van der Waals surface area contributed by atoms with E-state index in [1.165, 1.54) is 6.33 Å². The normalized spacial score (nSPS) is 9.44. The van der Waals surface area contributed by atoms with Crippen molar-refractivity contribution in [2.24, 2.45) is 12.8 Å². The molecule has 2 heterocycles. The first-order valence-electron chi connectivity index (χ1n) is 4.92. The quantitative estimate of drug-likeness (QED) is 0.791. The fraction of sp³-hybridized carbons (Fsp3) is 0.300. The summed E-state index contributed by atoms with van der Waals surface area (Å²) in [6, 6.07) is 1.76. The minimum absolute atomic E-state index is 0.183. The maximum absolute atomic E-state index is 10.6. The van der Waals surface area contributed by atoms with Gasteiger partial charge in [-0.1, -0.05) is 13.8 Å². The molecule has 0 radical (unpaired) electrons. The van der Waals surface area contributed by atoms with Crippen molar-refractivity contribution in [3.63, 3.8) is 0 Å². The molecule has 6 heteroatoms. The molecule has 6 nitrogen and oxygen atoms in total. The van der Waals surface area contributed by atoms with E-state index in [9.17, 15) is 4.79 Å². The summed E-state index contributed by atoms with van der Waals surface area (Å²) >= 11 is 0. The van der Waals surface area contributed by atoms with Gasteiger partial charge in [-0.25, -0.2) is 14.8 Å². The molecule has 0 saturated carbocycles. The number of fused-ring (bicyclic) bond motifs is 1. The predicted molar refractivity (Wildman–Crippen MR) is 60.1 cm³/mol. The molecule has 0 unspecified atom stereocenters. The molecule has 0 aliphatic rings. The molecule has 0 saturated heterocycles. The van der Waals surface area contributed by atoms with Gasteiger partial charge in [-0.3, -0.25) is 0 Å². The number of primary amides is 1. The van der Waals surface area contributed by atoms with Crippen LogP contribution in [0.1, 0.15) is 13.8 Å². The maximum Gasteiger partial charge on any atom is 0.411 e. The van der Waals surface area contributed by atoms with Crippen molar-refractivity contribution < 1.29 is 9.53 Å². The Balaban J connectivity index is 0.000000606. The van der Waals surface area contributed by atoms with E-state index in [-0.39, 0.29) is 5.88 Å². The van der Waals surface area contributed by atoms with Gasteiger partial charge in [-0.05, 0) is 6.07 Å². The summed E-state index contributed by atoms with van der Waals surface area (Å²) in [7, 11) is 1.84. The molecule has 2 aromatic rings. The second-order valence-corrected chi connectivity index (χ2v) is 2.76. The third-order valence-electron chi connectivity index (χ3n) is 1.82. The molecule has 0 bridgehead atoms. The second-order valence-electron chi connectivity index (χ2n) is 2.76. The monoisotopic (exact) mass is 222 g/mol. The van der Waals surface area contributed by atoms with Gasteiger partial charge in [-0.15, -0.1) is 0 Å². The number of carbonyl (C=O) groups is 1. The fourth-order valence-corrected chi connectivity index (χ4v) is 1.23. The highest BCUT2D eigenvalue weighted by Crippen LogP contribution is 2.21. The Hall–Kier alpha value is -2.11. The van der Waals surface area contributed by atoms with Gasteiger partial charge < -0.3 is 15.0 Å². The number of ether oxygens (including phenoxy) is 1. The van der Waals surface area contributed by atoms with Crippen LogP contribution >= 0.6 is 0 Å². The van der Waals surface area contributed by atoms with Crippen molar-refractivity contribution in [3.05, 3.63) is 18.6 Å². The summed E-state index contributed by atoms with van der Waals surface area (Å²) in [5, 5.41) is 0.661. The van der Waals surface area contributed by atoms with E-state index >= 15 is 0 Å². The van der Waals surface area contributed by atoms with Gasteiger partial charge in [0.25, 0.3) is 0 Å². The predicted octanol–water partition coefficient (Wildman–Crippen LogP) is 1.45. The summed E-state index contributed by atoms with van der Waals surface area (Å²) in [6.07, 6.45) is 2.24. The maximum atomic E-state index is 10.6. The highest BCUT2D eigenvalue weighted by Gasteiger charge is 2.09. The Kier molecular flexibility index (Phi) is 3.82. The van der Waals surface area contributed by atoms with Gasteiger partial charge in [-0.2, -0.15) is 0 Å². The van der Waals surface area contributed by atoms with Crippen molar-refractivity contribution in [1.29, 1.82) is 0 Å². The summed E-state index contributed by atoms with van der Waals surface area (Å²) in [5.41, 5.74) is 5.58. The average molecular weight is 222 g/mol. The third-order valence-corrected chi connectivity index (χ3v) is 1.82. The number of aromatic nitrogens is 3. The zero-order valence-electron chi connectivity index (χ0n) is 9.47. The van der Waals surface area contributed by atoms with Gasteiger partial charge in [0, 0.05) is 13.2 Å². The van der Waals surface area contributed by atoms with Crippen LogP contribution in [0.5, 0.6) is 5.88 Å². The molecule has 0 aromatic carbocycles. The number of amides is 1. The Morgan fingerprint density at radius 1 is 1.44 bits per heavy atom. The molecule has 0 aliphatic heterocycles. The van der Waals surface area contributed by atoms with Gasteiger partial charge in [0.15, 0.2) is 0 Å². The summed E-state index contributed by atoms with van der Waals surface area (Å²) in [6.45, 7) is 4.00. The van der Waals surface area contributed by atoms with Crippen molar-refractivity contribution in [3.8, 4) is 5.88 Å². The number of aryl methyl sites for hydroxylation is 1. The Bertz CT molecular complexity index is 493. The lowest BCUT2D eigenvalue weighted by Gasteiger charge is -2.00. The molecule has 1 amide bonds. The first-order valence-corrected chi connectivity index (χ1v) is 4.92. The molecule has 0 aliphatic carbocycles. The van der Waals surface area contributed by atoms with E-state index in [1.54, 1.807) is 16.8 Å². The van der Waals surface area contributed by atoms with Crippen LogP contribution in [0.2, 0.25) is 0 Å². The number of nitrogens with zero attached hydrogens (tertiary/aromatic N) is 3. The van der Waals surface area contributed by atoms with Crippen LogP contribution < -0.4 is 10.5 Å². The SMILES string of the molecule is CC.Cn1ccc2c(OC(N)=O)ncnc21. The average Bonchev–Trinajstić information content (AvgIpc) is 2.64. The van der Waals surface area contributed by atoms with E-state index < -0.39 is 6.09 Å². The van der Waals surface area contributed by atoms with Crippen LogP contribution in [0.4, 0.5) is 4.79 Å². The van der Waals surface area contributed by atoms with Crippen LogP contribution in [0.25, 0.3) is 11.0 Å². The first-order chi connectivity index (χ1) is 7.68. The van der Waals surface area contributed by atoms with Crippen LogP contribution in [0, 0.1) is 0 Å². The smallest absolute Gasteiger partial charge is 0.391 e. The Morgan fingerprint density at radius 2 is 2.12 bits per heavy atom. The molecule has 0 spiro atoms. The van der Waals surface area contributed by atoms with Gasteiger partial charge in [0.2, 0.25) is 5.88 Å². The van der Waals surface area contributed by atoms with Crippen molar-refractivity contribution in [2.75, 3.05) is 0 Å². The molecular formula is C10H14N4O2. The molecule has 86 valence electrons. The van der Waals surface area contributed by atoms with E-state index in [0.29, 0.717) is 11.0 Å². The molecule has 2 aromatic heterocycles. The minimum atomic E-state index is -0.881. The van der Waals surface area contributed by atoms with Gasteiger partial charge in [0.1, 0.15) is 12.0 Å². The highest BCUT2D eigenvalue weighted by molar-refractivity contribution is 5.83. The van der Waals surface area contributed by atoms with E-state index in [0.717, 1.165) is 0 Å². The molecule has 2 N–H and O–H groups in total. The van der Waals surface area contributed by atoms with Gasteiger partial charge >= 0.3 is 6.09 Å². The number of carbonyl (C=O) groups excluding carboxylic acids is 1. The van der Waals surface area contributed by atoms with E-state index in [1.807, 2.05) is 20.9 Å². The Morgan fingerprint density at radius 3 is 2.75 bits per heavy atom. The number of rotatable bonds is 1. The molecule has 0 atom stereocenters. The zero-order valence-corrected chi connectivity index (χ0v) is 9.47. The fourth-order valence-electron chi connectivity index (χ4n) is 1.23. The first kappa shape index (κ1) is 12.0. The summed E-state index contributed by atoms with van der Waals surface area (Å²) in [4.78, 5) is 18.4. The lowest BCUT2D eigenvalue weighted by molar-refractivity contribution is 0.209. The standard InChI is InChI=1S/C8H8N4O2.C2H6/c1-12-3-2-5-6(12)10-4-11-7(5)14-8(9)13;1-2/h2-4H,1H3,(H2,9,13);1-2H3. The topological polar surface area (TPSA) is 83.0 Å². The van der Waals surface area contributed by atoms with Crippen LogP contribution in [-0.2, 0) is 7.05 Å². The molecule has 16 heavy (non-hydrogen) atoms. The van der Waals surface area contributed by atoms with Crippen LogP contribution in [0.3, 0.4) is 0 Å². The molecule has 0 fully saturated rings. The third kappa shape index (κ3) is 2.28. The number of hydrogen-bond acceptors (Lipinski definition) is 4. The number of nitrogens with two attached hydrogens (primary N) is 1. The highest BCUT2D eigenvalue weighted by atomic mass is 16.6. The van der Waals surface area contributed by atoms with Crippen LogP contribution in [-0.4, -0.2) is 20.6 Å². The number of hydrogen-bond donors (Lipinski definition) is 1. The Labute approximate surface area is 93.1 Å². The van der Waals surface area contributed by atoms with Crippen molar-refractivity contribution >= 4 is 17.1 Å². The lowest BCUT2D eigenvalue weighted by Crippen LogP contribution is -2.17. The summed E-state index contributed by atoms with van der Waals surface area (Å²) < 4.78 is 6.51. The van der Waals surface area contributed by atoms with E-state index in [2.05, 4.69) is 9.97 Å². The van der Waals surface area contributed by atoms with Crippen LogP contribution in [0.15, 0.2) is 18.6 Å². The van der Waals surface area contributed by atoms with E-state index in [4.69, 9.17) is 10.5 Å². The van der Waals surface area contributed by atoms with Crippen molar-refractivity contribution in [2.45, 2.75) is 13.8 Å². The molecule has 2 rings (SSSR count). The van der Waals surface area contributed by atoms with Gasteiger partial charge in [0.05, 0.1) is 5.39 Å². The largest absolute Gasteiger partial charge is 0.411 e. The zero-order chi connectivity index (χ0) is 12.1. The summed E-state index contributed by atoms with van der Waals surface area (Å²) in [5.74, 6) is 0.183. The minimum Gasteiger partial charge on any atom is -0.391 e. The second kappa shape index (κ2) is 5.11.